The van der Waals surface area contributed by atoms with Crippen LogP contribution >= 0.6 is 11.3 Å². The number of nitrogens with one attached hydrogen (secondary N) is 3. The van der Waals surface area contributed by atoms with Gasteiger partial charge in [-0.25, -0.2) is 13.1 Å². The van der Waals surface area contributed by atoms with Crippen LogP contribution in [0.25, 0.3) is 0 Å². The average Bonchev–Trinajstić information content (AvgIpc) is 3.08. The van der Waals surface area contributed by atoms with E-state index in [0.29, 0.717) is 12.4 Å². The van der Waals surface area contributed by atoms with Gasteiger partial charge < -0.3 is 5.32 Å². The molecule has 2 heterocycles. The first-order chi connectivity index (χ1) is 9.62. The minimum Gasteiger partial charge on any atom is -0.312 e. The molecule has 2 aromatic rings. The number of H-pyrrole nitrogens is 1. The summed E-state index contributed by atoms with van der Waals surface area (Å²) in [5.41, 5.74) is 0. The second-order valence-corrected chi connectivity index (χ2v) is 7.21. The van der Waals surface area contributed by atoms with Crippen LogP contribution in [0, 0.1) is 0 Å². The minimum absolute atomic E-state index is 0.0140. The molecule has 0 aliphatic carbocycles. The number of tetrazole rings is 1. The van der Waals surface area contributed by atoms with Crippen LogP contribution in [0.15, 0.2) is 16.3 Å². The summed E-state index contributed by atoms with van der Waals surface area (Å²) in [4.78, 5) is 0.985. The molecule has 3 N–H and O–H groups in total. The highest BCUT2D eigenvalue weighted by atomic mass is 32.2. The predicted molar refractivity (Wildman–Crippen MR) is 74.5 cm³/mol. The zero-order chi connectivity index (χ0) is 14.4. The molecule has 0 saturated carbocycles. The number of thiophene rings is 1. The Labute approximate surface area is 121 Å². The van der Waals surface area contributed by atoms with Gasteiger partial charge >= 0.3 is 0 Å². The fraction of sp³-hybridized carbons (Fsp3) is 0.500. The standard InChI is InChI=1S/C10H16N6O2S2/c1-2-5-11-6-8-3-4-10(19-8)20(17,18)12-7-9-13-15-16-14-9/h3-4,11-12H,2,5-7H2,1H3,(H,13,14,15,16). The maximum atomic E-state index is 12.1. The Kier molecular flexibility index (Phi) is 5.17. The molecule has 0 atom stereocenters. The van der Waals surface area contributed by atoms with Crippen LogP contribution < -0.4 is 10.0 Å². The van der Waals surface area contributed by atoms with Crippen LogP contribution in [0.5, 0.6) is 0 Å². The molecule has 0 bridgehead atoms. The Morgan fingerprint density at radius 2 is 2.20 bits per heavy atom. The maximum absolute atomic E-state index is 12.1. The van der Waals surface area contributed by atoms with Crippen LogP contribution in [-0.4, -0.2) is 35.6 Å². The molecule has 0 unspecified atom stereocenters. The third-order valence-electron chi connectivity index (χ3n) is 2.44. The highest BCUT2D eigenvalue weighted by molar-refractivity contribution is 7.91. The Bertz CT molecular complexity index is 622. The number of sulfonamides is 1. The molecule has 110 valence electrons. The summed E-state index contributed by atoms with van der Waals surface area (Å²) >= 11 is 1.25. The van der Waals surface area contributed by atoms with Gasteiger partial charge in [-0.1, -0.05) is 12.1 Å². The van der Waals surface area contributed by atoms with E-state index in [1.807, 2.05) is 6.07 Å². The van der Waals surface area contributed by atoms with E-state index in [-0.39, 0.29) is 10.8 Å². The van der Waals surface area contributed by atoms with Gasteiger partial charge in [0, 0.05) is 11.4 Å². The van der Waals surface area contributed by atoms with Gasteiger partial charge in [-0.2, -0.15) is 5.21 Å². The molecule has 0 aliphatic rings. The van der Waals surface area contributed by atoms with Gasteiger partial charge in [0.2, 0.25) is 10.0 Å². The number of hydrogen-bond acceptors (Lipinski definition) is 7. The first-order valence-corrected chi connectivity index (χ1v) is 8.43. The molecule has 0 amide bonds. The fourth-order valence-corrected chi connectivity index (χ4v) is 3.82. The van der Waals surface area contributed by atoms with Crippen molar-refractivity contribution in [3.8, 4) is 0 Å². The summed E-state index contributed by atoms with van der Waals surface area (Å²) in [7, 11) is -3.53. The molecule has 0 aliphatic heterocycles. The Balaban J connectivity index is 1.95. The van der Waals surface area contributed by atoms with E-state index in [1.54, 1.807) is 6.07 Å². The van der Waals surface area contributed by atoms with Crippen LogP contribution in [-0.2, 0) is 23.1 Å². The van der Waals surface area contributed by atoms with E-state index < -0.39 is 10.0 Å². The average molecular weight is 316 g/mol. The van der Waals surface area contributed by atoms with Gasteiger partial charge in [-0.15, -0.1) is 21.5 Å². The molecule has 0 saturated heterocycles. The van der Waals surface area contributed by atoms with Crippen molar-refractivity contribution in [3.63, 3.8) is 0 Å². The lowest BCUT2D eigenvalue weighted by Gasteiger charge is -2.01. The van der Waals surface area contributed by atoms with Gasteiger partial charge in [-0.05, 0) is 25.1 Å². The highest BCUT2D eigenvalue weighted by Crippen LogP contribution is 2.21. The fourth-order valence-electron chi connectivity index (χ4n) is 1.47. The molecular weight excluding hydrogens is 300 g/mol. The molecule has 10 heteroatoms. The van der Waals surface area contributed by atoms with Crippen molar-refractivity contribution in [2.75, 3.05) is 6.54 Å². The molecule has 2 aromatic heterocycles. The van der Waals surface area contributed by atoms with Gasteiger partial charge in [0.1, 0.15) is 4.21 Å². The number of aromatic amines is 1. The van der Waals surface area contributed by atoms with E-state index in [1.165, 1.54) is 11.3 Å². The number of rotatable bonds is 8. The Morgan fingerprint density at radius 1 is 1.35 bits per heavy atom. The third kappa shape index (κ3) is 4.07. The lowest BCUT2D eigenvalue weighted by molar-refractivity contribution is 0.581. The normalized spacial score (nSPS) is 11.8. The predicted octanol–water partition coefficient (Wildman–Crippen LogP) is 0.239. The molecular formula is C10H16N6O2S2. The van der Waals surface area contributed by atoms with E-state index in [9.17, 15) is 8.42 Å². The van der Waals surface area contributed by atoms with Crippen LogP contribution in [0.3, 0.4) is 0 Å². The van der Waals surface area contributed by atoms with Gasteiger partial charge in [0.15, 0.2) is 5.82 Å². The van der Waals surface area contributed by atoms with E-state index in [2.05, 4.69) is 37.6 Å². The molecule has 0 aromatic carbocycles. The largest absolute Gasteiger partial charge is 0.312 e. The van der Waals surface area contributed by atoms with E-state index in [0.717, 1.165) is 17.8 Å². The zero-order valence-corrected chi connectivity index (χ0v) is 12.6. The Morgan fingerprint density at radius 3 is 2.90 bits per heavy atom. The summed E-state index contributed by atoms with van der Waals surface area (Å²) in [6.45, 7) is 3.69. The van der Waals surface area contributed by atoms with Gasteiger partial charge in [0.05, 0.1) is 6.54 Å². The highest BCUT2D eigenvalue weighted by Gasteiger charge is 2.17. The molecule has 0 spiro atoms. The molecule has 0 fully saturated rings. The van der Waals surface area contributed by atoms with Crippen LogP contribution in [0.1, 0.15) is 24.0 Å². The van der Waals surface area contributed by atoms with Crippen LogP contribution in [0.4, 0.5) is 0 Å². The van der Waals surface area contributed by atoms with Gasteiger partial charge in [-0.3, -0.25) is 0 Å². The van der Waals surface area contributed by atoms with Crippen molar-refractivity contribution in [2.45, 2.75) is 30.6 Å². The number of aromatic nitrogens is 4. The smallest absolute Gasteiger partial charge is 0.250 e. The first kappa shape index (κ1) is 15.0. The Hall–Kier alpha value is -1.36. The van der Waals surface area contributed by atoms with E-state index >= 15 is 0 Å². The second-order valence-electron chi connectivity index (χ2n) is 4.05. The minimum atomic E-state index is -3.53. The van der Waals surface area contributed by atoms with Crippen molar-refractivity contribution in [1.29, 1.82) is 0 Å². The van der Waals surface area contributed by atoms with Gasteiger partial charge in [0.25, 0.3) is 0 Å². The summed E-state index contributed by atoms with van der Waals surface area (Å²) < 4.78 is 26.8. The topological polar surface area (TPSA) is 113 Å². The molecule has 2 rings (SSSR count). The molecule has 20 heavy (non-hydrogen) atoms. The lowest BCUT2D eigenvalue weighted by Crippen LogP contribution is -2.23. The van der Waals surface area contributed by atoms with Crippen LogP contribution in [0.2, 0.25) is 0 Å². The van der Waals surface area contributed by atoms with Crippen molar-refractivity contribution < 1.29 is 8.42 Å². The monoisotopic (exact) mass is 316 g/mol. The van der Waals surface area contributed by atoms with E-state index in [4.69, 9.17) is 0 Å². The number of hydrogen-bond donors (Lipinski definition) is 3. The first-order valence-electron chi connectivity index (χ1n) is 6.13. The second kappa shape index (κ2) is 6.88. The molecule has 8 nitrogen and oxygen atoms in total. The lowest BCUT2D eigenvalue weighted by atomic mass is 10.4. The number of nitrogens with zero attached hydrogens (tertiary/aromatic N) is 3. The van der Waals surface area contributed by atoms with Crippen molar-refractivity contribution in [2.24, 2.45) is 0 Å². The summed E-state index contributed by atoms with van der Waals surface area (Å²) in [6.07, 6.45) is 1.04. The van der Waals surface area contributed by atoms with Crippen molar-refractivity contribution in [3.05, 3.63) is 22.8 Å². The third-order valence-corrected chi connectivity index (χ3v) is 5.42. The summed E-state index contributed by atoms with van der Waals surface area (Å²) in [6, 6.07) is 3.42. The van der Waals surface area contributed by atoms with Crippen molar-refractivity contribution >= 4 is 21.4 Å². The zero-order valence-electron chi connectivity index (χ0n) is 11.0. The summed E-state index contributed by atoms with van der Waals surface area (Å²) in [5.74, 6) is 0.301. The molecule has 0 radical (unpaired) electrons. The SMILES string of the molecule is CCCNCc1ccc(S(=O)(=O)NCc2nn[nH]n2)s1. The quantitative estimate of drug-likeness (QED) is 0.601. The van der Waals surface area contributed by atoms with Crippen molar-refractivity contribution in [1.82, 2.24) is 30.7 Å². The maximum Gasteiger partial charge on any atom is 0.250 e. The summed E-state index contributed by atoms with van der Waals surface area (Å²) in [5, 5.41) is 16.2.